The highest BCUT2D eigenvalue weighted by Gasteiger charge is 2.29. The normalized spacial score (nSPS) is 21.8. The highest BCUT2D eigenvalue weighted by atomic mass is 16.6. The molecule has 0 spiro atoms. The topological polar surface area (TPSA) is 66.7 Å². The van der Waals surface area contributed by atoms with Gasteiger partial charge in [0, 0.05) is 31.3 Å². The number of nitro benzene ring substituents is 1. The summed E-state index contributed by atoms with van der Waals surface area (Å²) >= 11 is 0. The first-order valence-corrected chi connectivity index (χ1v) is 8.88. The Labute approximate surface area is 142 Å². The molecule has 0 aromatic heterocycles. The number of carbonyl (C=O) groups is 1. The second kappa shape index (κ2) is 7.75. The fourth-order valence-electron chi connectivity index (χ4n) is 3.79. The van der Waals surface area contributed by atoms with Crippen molar-refractivity contribution in [1.29, 1.82) is 0 Å². The van der Waals surface area contributed by atoms with Crippen LogP contribution in [0.2, 0.25) is 0 Å². The fraction of sp³-hybridized carbons (Fsp3) is 0.611. The standard InChI is InChI=1S/C18H25N3O3/c22-18(13-15-6-8-16(9-7-15)21(23)24)20-12-2-1-5-17(20)14-19-10-3-4-11-19/h6-9,17H,1-5,10-14H2. The van der Waals surface area contributed by atoms with Gasteiger partial charge in [0.15, 0.2) is 0 Å². The van der Waals surface area contributed by atoms with Crippen molar-refractivity contribution in [1.82, 2.24) is 9.80 Å². The lowest BCUT2D eigenvalue weighted by Crippen LogP contribution is -2.49. The molecule has 130 valence electrons. The number of non-ortho nitro benzene ring substituents is 1. The average molecular weight is 331 g/mol. The minimum Gasteiger partial charge on any atom is -0.338 e. The number of carbonyl (C=O) groups excluding carboxylic acids is 1. The molecule has 24 heavy (non-hydrogen) atoms. The monoisotopic (exact) mass is 331 g/mol. The SMILES string of the molecule is O=C(Cc1ccc([N+](=O)[O-])cc1)N1CCCCC1CN1CCCC1. The van der Waals surface area contributed by atoms with Gasteiger partial charge in [0.1, 0.15) is 0 Å². The van der Waals surface area contributed by atoms with Gasteiger partial charge in [-0.1, -0.05) is 12.1 Å². The minimum atomic E-state index is -0.414. The smallest absolute Gasteiger partial charge is 0.269 e. The largest absolute Gasteiger partial charge is 0.338 e. The van der Waals surface area contributed by atoms with E-state index >= 15 is 0 Å². The van der Waals surface area contributed by atoms with Gasteiger partial charge in [-0.15, -0.1) is 0 Å². The van der Waals surface area contributed by atoms with Gasteiger partial charge in [0.05, 0.1) is 11.3 Å². The molecular weight excluding hydrogens is 306 g/mol. The molecule has 2 aliphatic rings. The second-order valence-electron chi connectivity index (χ2n) is 6.84. The number of piperidine rings is 1. The summed E-state index contributed by atoms with van der Waals surface area (Å²) in [5.41, 5.74) is 0.909. The number of hydrogen-bond acceptors (Lipinski definition) is 4. The van der Waals surface area contributed by atoms with Crippen molar-refractivity contribution in [3.05, 3.63) is 39.9 Å². The molecular formula is C18H25N3O3. The zero-order valence-corrected chi connectivity index (χ0v) is 14.0. The molecule has 0 bridgehead atoms. The number of rotatable bonds is 5. The third-order valence-corrected chi connectivity index (χ3v) is 5.12. The summed E-state index contributed by atoms with van der Waals surface area (Å²) < 4.78 is 0. The Morgan fingerprint density at radius 1 is 1.08 bits per heavy atom. The third-order valence-electron chi connectivity index (χ3n) is 5.12. The Hall–Kier alpha value is -1.95. The molecule has 0 saturated carbocycles. The van der Waals surface area contributed by atoms with Crippen LogP contribution in [0.1, 0.15) is 37.7 Å². The van der Waals surface area contributed by atoms with Crippen LogP contribution in [0.5, 0.6) is 0 Å². The first kappa shape index (κ1) is 16.9. The van der Waals surface area contributed by atoms with Crippen LogP contribution in [-0.2, 0) is 11.2 Å². The van der Waals surface area contributed by atoms with Gasteiger partial charge in [-0.2, -0.15) is 0 Å². The van der Waals surface area contributed by atoms with Gasteiger partial charge >= 0.3 is 0 Å². The molecule has 0 N–H and O–H groups in total. The van der Waals surface area contributed by atoms with E-state index in [0.717, 1.165) is 44.6 Å². The highest BCUT2D eigenvalue weighted by Crippen LogP contribution is 2.21. The lowest BCUT2D eigenvalue weighted by atomic mass is 10.00. The van der Waals surface area contributed by atoms with Crippen LogP contribution in [0, 0.1) is 10.1 Å². The zero-order chi connectivity index (χ0) is 16.9. The van der Waals surface area contributed by atoms with Crippen molar-refractivity contribution in [3.8, 4) is 0 Å². The number of likely N-dealkylation sites (tertiary alicyclic amines) is 2. The number of nitro groups is 1. The lowest BCUT2D eigenvalue weighted by molar-refractivity contribution is -0.384. The molecule has 6 heteroatoms. The Bertz CT molecular complexity index is 582. The predicted octanol–water partition coefficient (Wildman–Crippen LogP) is 2.61. The molecule has 2 saturated heterocycles. The fourth-order valence-corrected chi connectivity index (χ4v) is 3.79. The molecule has 2 aliphatic heterocycles. The molecule has 1 unspecified atom stereocenters. The van der Waals surface area contributed by atoms with Gasteiger partial charge in [0.2, 0.25) is 5.91 Å². The van der Waals surface area contributed by atoms with Crippen LogP contribution < -0.4 is 0 Å². The maximum absolute atomic E-state index is 12.7. The minimum absolute atomic E-state index is 0.0658. The second-order valence-corrected chi connectivity index (χ2v) is 6.84. The van der Waals surface area contributed by atoms with E-state index in [2.05, 4.69) is 4.90 Å². The molecule has 0 aliphatic carbocycles. The maximum atomic E-state index is 12.7. The summed E-state index contributed by atoms with van der Waals surface area (Å²) in [4.78, 5) is 27.6. The van der Waals surface area contributed by atoms with E-state index in [1.54, 1.807) is 12.1 Å². The first-order valence-electron chi connectivity index (χ1n) is 8.88. The molecule has 2 heterocycles. The van der Waals surface area contributed by atoms with Crippen molar-refractivity contribution < 1.29 is 9.72 Å². The van der Waals surface area contributed by atoms with Gasteiger partial charge < -0.3 is 9.80 Å². The van der Waals surface area contributed by atoms with Gasteiger partial charge in [-0.25, -0.2) is 0 Å². The Morgan fingerprint density at radius 3 is 2.42 bits per heavy atom. The average Bonchev–Trinajstić information content (AvgIpc) is 3.09. The van der Waals surface area contributed by atoms with E-state index in [1.807, 2.05) is 4.90 Å². The van der Waals surface area contributed by atoms with Crippen LogP contribution in [0.3, 0.4) is 0 Å². The molecule has 1 aromatic carbocycles. The number of benzene rings is 1. The molecule has 6 nitrogen and oxygen atoms in total. The maximum Gasteiger partial charge on any atom is 0.269 e. The summed E-state index contributed by atoms with van der Waals surface area (Å²) in [6.45, 7) is 4.14. The summed E-state index contributed by atoms with van der Waals surface area (Å²) in [6.07, 6.45) is 6.21. The van der Waals surface area contributed by atoms with Crippen LogP contribution in [0.15, 0.2) is 24.3 Å². The van der Waals surface area contributed by atoms with Crippen molar-refractivity contribution >= 4 is 11.6 Å². The quantitative estimate of drug-likeness (QED) is 0.614. The van der Waals surface area contributed by atoms with Crippen LogP contribution >= 0.6 is 0 Å². The predicted molar refractivity (Wildman–Crippen MR) is 91.8 cm³/mol. The van der Waals surface area contributed by atoms with E-state index in [4.69, 9.17) is 0 Å². The summed E-state index contributed by atoms with van der Waals surface area (Å²) in [5.74, 6) is 0.146. The zero-order valence-electron chi connectivity index (χ0n) is 14.0. The summed E-state index contributed by atoms with van der Waals surface area (Å²) in [5, 5.41) is 10.7. The van der Waals surface area contributed by atoms with E-state index in [1.165, 1.54) is 31.4 Å². The van der Waals surface area contributed by atoms with Crippen molar-refractivity contribution in [3.63, 3.8) is 0 Å². The van der Waals surface area contributed by atoms with E-state index in [9.17, 15) is 14.9 Å². The number of amides is 1. The van der Waals surface area contributed by atoms with Crippen molar-refractivity contribution in [2.24, 2.45) is 0 Å². The molecule has 1 aromatic rings. The summed E-state index contributed by atoms with van der Waals surface area (Å²) in [6, 6.07) is 6.65. The van der Waals surface area contributed by atoms with E-state index in [0.29, 0.717) is 12.5 Å². The molecule has 1 atom stereocenters. The van der Waals surface area contributed by atoms with Crippen molar-refractivity contribution in [2.75, 3.05) is 26.2 Å². The van der Waals surface area contributed by atoms with Crippen LogP contribution in [-0.4, -0.2) is 52.9 Å². The highest BCUT2D eigenvalue weighted by molar-refractivity contribution is 5.79. The lowest BCUT2D eigenvalue weighted by Gasteiger charge is -2.38. The third kappa shape index (κ3) is 4.12. The summed E-state index contributed by atoms with van der Waals surface area (Å²) in [7, 11) is 0. The Morgan fingerprint density at radius 2 is 1.75 bits per heavy atom. The van der Waals surface area contributed by atoms with Crippen molar-refractivity contribution in [2.45, 2.75) is 44.6 Å². The molecule has 2 fully saturated rings. The van der Waals surface area contributed by atoms with E-state index < -0.39 is 4.92 Å². The van der Waals surface area contributed by atoms with Crippen LogP contribution in [0.25, 0.3) is 0 Å². The Balaban J connectivity index is 1.61. The van der Waals surface area contributed by atoms with Gasteiger partial charge in [-0.05, 0) is 50.8 Å². The first-order chi connectivity index (χ1) is 11.6. The van der Waals surface area contributed by atoms with E-state index in [-0.39, 0.29) is 11.6 Å². The van der Waals surface area contributed by atoms with Gasteiger partial charge in [0.25, 0.3) is 5.69 Å². The van der Waals surface area contributed by atoms with Crippen LogP contribution in [0.4, 0.5) is 5.69 Å². The molecule has 3 rings (SSSR count). The number of nitrogens with zero attached hydrogens (tertiary/aromatic N) is 3. The molecule has 1 amide bonds. The Kier molecular flexibility index (Phi) is 5.45. The number of hydrogen-bond donors (Lipinski definition) is 0. The molecule has 0 radical (unpaired) electrons. The van der Waals surface area contributed by atoms with Gasteiger partial charge in [-0.3, -0.25) is 14.9 Å².